The summed E-state index contributed by atoms with van der Waals surface area (Å²) in [5.74, 6) is 0.0522. The first kappa shape index (κ1) is 24.5. The number of carbonyl (C=O) groups is 2. The molecule has 3 aliphatic heterocycles. The van der Waals surface area contributed by atoms with Gasteiger partial charge in [-0.3, -0.25) is 4.79 Å². The van der Waals surface area contributed by atoms with Gasteiger partial charge in [0.2, 0.25) is 5.91 Å². The Labute approximate surface area is 202 Å². The fourth-order valence-corrected chi connectivity index (χ4v) is 5.06. The molecule has 0 bridgehead atoms. The maximum Gasteiger partial charge on any atom is 0.322 e. The molecule has 3 amide bonds. The summed E-state index contributed by atoms with van der Waals surface area (Å²) in [6.45, 7) is 2.73. The lowest BCUT2D eigenvalue weighted by molar-refractivity contribution is -0.156. The number of aliphatic hydroxyl groups is 1. The standard InChI is InChI=1S/C22H29Cl2N3O6/c23-14-7-15(24)9-16(8-14)25-22(30)27-11-17(28)12-32-13-20-19(27)2-1-18(33-20)10-21(29)26-3-5-31-6-4-26/h7-9,17-20,28H,1-6,10-13H2,(H,25,30)/t17-,18+,19-,20+/m0/s1. The molecule has 11 heteroatoms. The van der Waals surface area contributed by atoms with Gasteiger partial charge in [0.1, 0.15) is 6.10 Å². The maximum atomic E-state index is 13.2. The van der Waals surface area contributed by atoms with Crippen LogP contribution in [0.25, 0.3) is 0 Å². The molecule has 3 saturated heterocycles. The third kappa shape index (κ3) is 6.49. The highest BCUT2D eigenvalue weighted by atomic mass is 35.5. The number of aliphatic hydroxyl groups excluding tert-OH is 1. The van der Waals surface area contributed by atoms with Crippen molar-refractivity contribution in [1.29, 1.82) is 0 Å². The van der Waals surface area contributed by atoms with Gasteiger partial charge in [-0.15, -0.1) is 0 Å². The third-order valence-corrected chi connectivity index (χ3v) is 6.56. The molecule has 0 aliphatic carbocycles. The highest BCUT2D eigenvalue weighted by Gasteiger charge is 2.40. The van der Waals surface area contributed by atoms with Gasteiger partial charge in [0, 0.05) is 28.8 Å². The Morgan fingerprint density at radius 1 is 1.06 bits per heavy atom. The van der Waals surface area contributed by atoms with Crippen molar-refractivity contribution in [2.24, 2.45) is 0 Å². The summed E-state index contributed by atoms with van der Waals surface area (Å²) in [6, 6.07) is 4.12. The quantitative estimate of drug-likeness (QED) is 0.659. The van der Waals surface area contributed by atoms with Crippen LogP contribution in [-0.4, -0.2) is 97.3 Å². The van der Waals surface area contributed by atoms with E-state index in [0.717, 1.165) is 0 Å². The predicted octanol–water partition coefficient (Wildman–Crippen LogP) is 2.38. The minimum absolute atomic E-state index is 0.0522. The van der Waals surface area contributed by atoms with Gasteiger partial charge in [-0.2, -0.15) is 0 Å². The number of morpholine rings is 1. The molecular formula is C22H29Cl2N3O6. The smallest absolute Gasteiger partial charge is 0.322 e. The van der Waals surface area contributed by atoms with E-state index >= 15 is 0 Å². The molecule has 0 aromatic heterocycles. The molecule has 9 nitrogen and oxygen atoms in total. The van der Waals surface area contributed by atoms with Crippen molar-refractivity contribution < 1.29 is 28.9 Å². The lowest BCUT2D eigenvalue weighted by Gasteiger charge is -2.44. The van der Waals surface area contributed by atoms with Crippen molar-refractivity contribution >= 4 is 40.8 Å². The van der Waals surface area contributed by atoms with Crippen LogP contribution in [0.15, 0.2) is 18.2 Å². The van der Waals surface area contributed by atoms with Gasteiger partial charge < -0.3 is 34.4 Å². The van der Waals surface area contributed by atoms with Crippen molar-refractivity contribution in [3.63, 3.8) is 0 Å². The fraction of sp³-hybridized carbons (Fsp3) is 0.636. The van der Waals surface area contributed by atoms with Gasteiger partial charge in [-0.05, 0) is 31.0 Å². The van der Waals surface area contributed by atoms with Gasteiger partial charge in [0.25, 0.3) is 0 Å². The normalized spacial score (nSPS) is 28.5. The van der Waals surface area contributed by atoms with Gasteiger partial charge >= 0.3 is 6.03 Å². The summed E-state index contributed by atoms with van der Waals surface area (Å²) in [5.41, 5.74) is 0.465. The van der Waals surface area contributed by atoms with E-state index in [9.17, 15) is 14.7 Å². The lowest BCUT2D eigenvalue weighted by Crippen LogP contribution is -2.58. The number of benzene rings is 1. The SMILES string of the molecule is O=C(C[C@H]1CC[C@H]2[C@@H](COC[C@@H](O)CN2C(=O)Nc2cc(Cl)cc(Cl)c2)O1)N1CCOCC1. The molecule has 3 fully saturated rings. The van der Waals surface area contributed by atoms with E-state index in [1.807, 2.05) is 0 Å². The van der Waals surface area contributed by atoms with Crippen LogP contribution in [0.2, 0.25) is 10.0 Å². The van der Waals surface area contributed by atoms with E-state index in [-0.39, 0.29) is 43.8 Å². The summed E-state index contributed by atoms with van der Waals surface area (Å²) >= 11 is 12.1. The Hall–Kier alpha value is -1.62. The van der Waals surface area contributed by atoms with Gasteiger partial charge in [0.05, 0.1) is 57.6 Å². The number of ether oxygens (including phenoxy) is 3. The number of fused-ring (bicyclic) bond motifs is 1. The minimum atomic E-state index is -0.819. The number of hydrogen-bond donors (Lipinski definition) is 2. The molecule has 0 radical (unpaired) electrons. The van der Waals surface area contributed by atoms with Crippen LogP contribution >= 0.6 is 23.2 Å². The first-order valence-electron chi connectivity index (χ1n) is 11.2. The molecule has 2 N–H and O–H groups in total. The molecule has 4 atom stereocenters. The molecule has 4 rings (SSSR count). The van der Waals surface area contributed by atoms with Crippen LogP contribution in [0.4, 0.5) is 10.5 Å². The van der Waals surface area contributed by atoms with Crippen LogP contribution < -0.4 is 5.32 Å². The second-order valence-electron chi connectivity index (χ2n) is 8.57. The topological polar surface area (TPSA) is 101 Å². The minimum Gasteiger partial charge on any atom is -0.389 e. The Balaban J connectivity index is 1.42. The van der Waals surface area contributed by atoms with Crippen molar-refractivity contribution in [2.45, 2.75) is 43.6 Å². The molecule has 1 aromatic rings. The summed E-state index contributed by atoms with van der Waals surface area (Å²) < 4.78 is 17.2. The van der Waals surface area contributed by atoms with Crippen LogP contribution in [0.1, 0.15) is 19.3 Å². The van der Waals surface area contributed by atoms with E-state index in [4.69, 9.17) is 37.4 Å². The second kappa shape index (κ2) is 11.2. The fourth-order valence-electron chi connectivity index (χ4n) is 4.53. The zero-order valence-electron chi connectivity index (χ0n) is 18.3. The number of urea groups is 1. The first-order chi connectivity index (χ1) is 15.9. The van der Waals surface area contributed by atoms with Gasteiger partial charge in [0.15, 0.2) is 0 Å². The number of nitrogens with zero attached hydrogens (tertiary/aromatic N) is 2. The van der Waals surface area contributed by atoms with Crippen molar-refractivity contribution in [3.05, 3.63) is 28.2 Å². The number of halogens is 2. The number of anilines is 1. The second-order valence-corrected chi connectivity index (χ2v) is 9.44. The van der Waals surface area contributed by atoms with Gasteiger partial charge in [-0.25, -0.2) is 4.79 Å². The Morgan fingerprint density at radius 3 is 2.52 bits per heavy atom. The molecule has 182 valence electrons. The largest absolute Gasteiger partial charge is 0.389 e. The summed E-state index contributed by atoms with van der Waals surface area (Å²) in [7, 11) is 0. The van der Waals surface area contributed by atoms with E-state index in [1.54, 1.807) is 28.0 Å². The number of carbonyl (C=O) groups excluding carboxylic acids is 2. The molecule has 33 heavy (non-hydrogen) atoms. The monoisotopic (exact) mass is 501 g/mol. The van der Waals surface area contributed by atoms with E-state index in [0.29, 0.717) is 61.3 Å². The highest BCUT2D eigenvalue weighted by Crippen LogP contribution is 2.29. The van der Waals surface area contributed by atoms with E-state index in [1.165, 1.54) is 0 Å². The summed E-state index contributed by atoms with van der Waals surface area (Å²) in [6.07, 6.45) is 0.0823. The molecule has 3 heterocycles. The zero-order chi connectivity index (χ0) is 23.4. The summed E-state index contributed by atoms with van der Waals surface area (Å²) in [5, 5.41) is 13.9. The predicted molar refractivity (Wildman–Crippen MR) is 123 cm³/mol. The van der Waals surface area contributed by atoms with Crippen molar-refractivity contribution in [3.8, 4) is 0 Å². The Morgan fingerprint density at radius 2 is 1.79 bits per heavy atom. The van der Waals surface area contributed by atoms with E-state index < -0.39 is 12.2 Å². The van der Waals surface area contributed by atoms with Crippen LogP contribution in [0, 0.1) is 0 Å². The maximum absolute atomic E-state index is 13.2. The van der Waals surface area contributed by atoms with Crippen LogP contribution in [-0.2, 0) is 19.0 Å². The van der Waals surface area contributed by atoms with Crippen LogP contribution in [0.5, 0.6) is 0 Å². The Kier molecular flexibility index (Phi) is 8.32. The average molecular weight is 502 g/mol. The highest BCUT2D eigenvalue weighted by molar-refractivity contribution is 6.35. The molecule has 0 spiro atoms. The van der Waals surface area contributed by atoms with Crippen molar-refractivity contribution in [2.75, 3.05) is 51.4 Å². The van der Waals surface area contributed by atoms with E-state index in [2.05, 4.69) is 5.32 Å². The number of rotatable bonds is 3. The summed E-state index contributed by atoms with van der Waals surface area (Å²) in [4.78, 5) is 29.2. The molecule has 3 aliphatic rings. The Bertz CT molecular complexity index is 833. The molecule has 0 unspecified atom stereocenters. The number of nitrogens with one attached hydrogen (secondary N) is 1. The molecular weight excluding hydrogens is 473 g/mol. The number of hydrogen-bond acceptors (Lipinski definition) is 6. The number of β-amino-alcohol motifs (C(OH)–C–C–N with tert-alkyl or cyclic N) is 1. The van der Waals surface area contributed by atoms with Crippen LogP contribution in [0.3, 0.4) is 0 Å². The molecule has 1 aromatic carbocycles. The number of amides is 3. The zero-order valence-corrected chi connectivity index (χ0v) is 19.8. The molecule has 0 saturated carbocycles. The average Bonchev–Trinajstić information content (AvgIpc) is 2.76. The van der Waals surface area contributed by atoms with Crippen molar-refractivity contribution in [1.82, 2.24) is 9.80 Å². The lowest BCUT2D eigenvalue weighted by atomic mass is 9.94. The first-order valence-corrected chi connectivity index (χ1v) is 11.9. The third-order valence-electron chi connectivity index (χ3n) is 6.12. The van der Waals surface area contributed by atoms with Gasteiger partial charge in [-0.1, -0.05) is 23.2 Å².